The van der Waals surface area contributed by atoms with Gasteiger partial charge in [-0.1, -0.05) is 0 Å². The van der Waals surface area contributed by atoms with Gasteiger partial charge in [-0.2, -0.15) is 0 Å². The highest BCUT2D eigenvalue weighted by Crippen LogP contribution is 2.24. The van der Waals surface area contributed by atoms with Gasteiger partial charge in [0.15, 0.2) is 0 Å². The third kappa shape index (κ3) is 1.87. The highest BCUT2D eigenvalue weighted by Gasteiger charge is 2.09. The number of benzene rings is 1. The van der Waals surface area contributed by atoms with Crippen molar-refractivity contribution in [1.82, 2.24) is 5.32 Å². The Kier molecular flexibility index (Phi) is 3.12. The quantitative estimate of drug-likeness (QED) is 0.776. The Labute approximate surface area is 84.1 Å². The van der Waals surface area contributed by atoms with Gasteiger partial charge in [0.1, 0.15) is 5.75 Å². The Hall–Kier alpha value is -1.51. The molecule has 1 amide bonds. The van der Waals surface area contributed by atoms with Crippen molar-refractivity contribution in [2.24, 2.45) is 0 Å². The first-order chi connectivity index (χ1) is 6.60. The van der Waals surface area contributed by atoms with E-state index < -0.39 is 0 Å². The Bertz CT molecular complexity index is 335. The number of carbonyl (C=O) groups is 1. The van der Waals surface area contributed by atoms with Crippen molar-refractivity contribution in [3.8, 4) is 5.75 Å². The molecule has 3 nitrogen and oxygen atoms in total. The predicted molar refractivity (Wildman–Crippen MR) is 55.9 cm³/mol. The lowest BCUT2D eigenvalue weighted by Crippen LogP contribution is -2.18. The molecule has 0 heterocycles. The maximum atomic E-state index is 11.4. The monoisotopic (exact) mass is 193 g/mol. The third-order valence-corrected chi connectivity index (χ3v) is 2.15. The van der Waals surface area contributed by atoms with Gasteiger partial charge in [0, 0.05) is 12.6 Å². The summed E-state index contributed by atoms with van der Waals surface area (Å²) < 4.78 is 5.21. The van der Waals surface area contributed by atoms with Gasteiger partial charge in [0.05, 0.1) is 7.11 Å². The van der Waals surface area contributed by atoms with Crippen molar-refractivity contribution < 1.29 is 9.53 Å². The molecule has 0 aromatic heterocycles. The van der Waals surface area contributed by atoms with E-state index in [9.17, 15) is 4.79 Å². The average Bonchev–Trinajstić information content (AvgIpc) is 2.16. The molecule has 1 aromatic carbocycles. The van der Waals surface area contributed by atoms with E-state index in [2.05, 4.69) is 5.32 Å². The molecule has 0 fully saturated rings. The smallest absolute Gasteiger partial charge is 0.251 e. The number of rotatable bonds is 2. The van der Waals surface area contributed by atoms with Crippen LogP contribution in [-0.2, 0) is 0 Å². The number of hydrogen-bond acceptors (Lipinski definition) is 2. The van der Waals surface area contributed by atoms with Crippen molar-refractivity contribution in [3.63, 3.8) is 0 Å². The van der Waals surface area contributed by atoms with Crippen LogP contribution in [0.5, 0.6) is 5.75 Å². The zero-order valence-electron chi connectivity index (χ0n) is 8.97. The molecule has 1 aromatic rings. The highest BCUT2D eigenvalue weighted by atomic mass is 16.5. The summed E-state index contributed by atoms with van der Waals surface area (Å²) in [5.74, 6) is 0.775. The SMILES string of the molecule is CNC(=O)c1cc(C)c(OC)c(C)c1. The third-order valence-electron chi connectivity index (χ3n) is 2.15. The number of ether oxygens (including phenoxy) is 1. The first-order valence-corrected chi connectivity index (χ1v) is 4.47. The maximum Gasteiger partial charge on any atom is 0.251 e. The molecule has 1 rings (SSSR count). The second-order valence-electron chi connectivity index (χ2n) is 3.22. The molecule has 3 heteroatoms. The Morgan fingerprint density at radius 3 is 2.14 bits per heavy atom. The standard InChI is InChI=1S/C11H15NO2/c1-7-5-9(11(13)12-3)6-8(2)10(7)14-4/h5-6H,1-4H3,(H,12,13). The minimum atomic E-state index is -0.0705. The van der Waals surface area contributed by atoms with Crippen molar-refractivity contribution in [2.75, 3.05) is 14.2 Å². The number of aryl methyl sites for hydroxylation is 2. The van der Waals surface area contributed by atoms with Crippen LogP contribution in [0.1, 0.15) is 21.5 Å². The molecule has 14 heavy (non-hydrogen) atoms. The summed E-state index contributed by atoms with van der Waals surface area (Å²) in [6.07, 6.45) is 0. The van der Waals surface area contributed by atoms with Crippen LogP contribution < -0.4 is 10.1 Å². The first kappa shape index (κ1) is 10.6. The fraction of sp³-hybridized carbons (Fsp3) is 0.364. The normalized spacial score (nSPS) is 9.71. The Morgan fingerprint density at radius 2 is 1.79 bits per heavy atom. The van der Waals surface area contributed by atoms with Crippen molar-refractivity contribution >= 4 is 5.91 Å². The molecule has 0 atom stereocenters. The van der Waals surface area contributed by atoms with E-state index in [1.54, 1.807) is 14.2 Å². The van der Waals surface area contributed by atoms with E-state index in [0.29, 0.717) is 5.56 Å². The number of amides is 1. The zero-order valence-corrected chi connectivity index (χ0v) is 8.97. The van der Waals surface area contributed by atoms with Gasteiger partial charge in [-0.05, 0) is 37.1 Å². The average molecular weight is 193 g/mol. The van der Waals surface area contributed by atoms with Crippen LogP contribution in [-0.4, -0.2) is 20.1 Å². The molecule has 0 unspecified atom stereocenters. The second kappa shape index (κ2) is 4.13. The van der Waals surface area contributed by atoms with Gasteiger partial charge in [-0.15, -0.1) is 0 Å². The van der Waals surface area contributed by atoms with Crippen molar-refractivity contribution in [1.29, 1.82) is 0 Å². The second-order valence-corrected chi connectivity index (χ2v) is 3.22. The van der Waals surface area contributed by atoms with E-state index >= 15 is 0 Å². The summed E-state index contributed by atoms with van der Waals surface area (Å²) >= 11 is 0. The van der Waals surface area contributed by atoms with Crippen LogP contribution in [0, 0.1) is 13.8 Å². The summed E-state index contributed by atoms with van der Waals surface area (Å²) in [5, 5.41) is 2.59. The molecule has 0 radical (unpaired) electrons. The van der Waals surface area contributed by atoms with Gasteiger partial charge in [-0.3, -0.25) is 4.79 Å². The summed E-state index contributed by atoms with van der Waals surface area (Å²) in [4.78, 5) is 11.4. The summed E-state index contributed by atoms with van der Waals surface area (Å²) in [6, 6.07) is 3.65. The Morgan fingerprint density at radius 1 is 1.29 bits per heavy atom. The van der Waals surface area contributed by atoms with Crippen molar-refractivity contribution in [2.45, 2.75) is 13.8 Å². The summed E-state index contributed by atoms with van der Waals surface area (Å²) in [5.41, 5.74) is 2.63. The maximum absolute atomic E-state index is 11.4. The lowest BCUT2D eigenvalue weighted by atomic mass is 10.1. The van der Waals surface area contributed by atoms with Gasteiger partial charge >= 0.3 is 0 Å². The van der Waals surface area contributed by atoms with Crippen LogP contribution >= 0.6 is 0 Å². The molecule has 0 aliphatic heterocycles. The van der Waals surface area contributed by atoms with Gasteiger partial charge < -0.3 is 10.1 Å². The number of methoxy groups -OCH3 is 1. The van der Waals surface area contributed by atoms with Crippen molar-refractivity contribution in [3.05, 3.63) is 28.8 Å². The molecule has 0 bridgehead atoms. The first-order valence-electron chi connectivity index (χ1n) is 4.47. The molecule has 1 N–H and O–H groups in total. The highest BCUT2D eigenvalue weighted by molar-refractivity contribution is 5.94. The molecule has 0 aliphatic rings. The predicted octanol–water partition coefficient (Wildman–Crippen LogP) is 1.67. The topological polar surface area (TPSA) is 38.3 Å². The number of hydrogen-bond donors (Lipinski definition) is 1. The fourth-order valence-electron chi connectivity index (χ4n) is 1.55. The minimum absolute atomic E-state index is 0.0705. The molecule has 76 valence electrons. The van der Waals surface area contributed by atoms with Crippen LogP contribution in [0.3, 0.4) is 0 Å². The zero-order chi connectivity index (χ0) is 10.7. The van der Waals surface area contributed by atoms with Crippen LogP contribution in [0.2, 0.25) is 0 Å². The minimum Gasteiger partial charge on any atom is -0.496 e. The molecular weight excluding hydrogens is 178 g/mol. The van der Waals surface area contributed by atoms with Crippen LogP contribution in [0.15, 0.2) is 12.1 Å². The van der Waals surface area contributed by atoms with Crippen LogP contribution in [0.4, 0.5) is 0 Å². The van der Waals surface area contributed by atoms with Gasteiger partial charge in [0.25, 0.3) is 5.91 Å². The van der Waals surface area contributed by atoms with Gasteiger partial charge in [-0.25, -0.2) is 0 Å². The van der Waals surface area contributed by atoms with E-state index in [0.717, 1.165) is 16.9 Å². The van der Waals surface area contributed by atoms with Crippen LogP contribution in [0.25, 0.3) is 0 Å². The Balaban J connectivity index is 3.20. The number of nitrogens with one attached hydrogen (secondary N) is 1. The molecule has 0 saturated carbocycles. The van der Waals surface area contributed by atoms with E-state index in [-0.39, 0.29) is 5.91 Å². The van der Waals surface area contributed by atoms with E-state index in [1.807, 2.05) is 26.0 Å². The molecule has 0 aliphatic carbocycles. The largest absolute Gasteiger partial charge is 0.496 e. The summed E-state index contributed by atoms with van der Waals surface area (Å²) in [7, 11) is 3.26. The lowest BCUT2D eigenvalue weighted by molar-refractivity contribution is 0.0963. The molecule has 0 spiro atoms. The van der Waals surface area contributed by atoms with Gasteiger partial charge in [0.2, 0.25) is 0 Å². The number of carbonyl (C=O) groups excluding carboxylic acids is 1. The molecular formula is C11H15NO2. The molecule has 0 saturated heterocycles. The fourth-order valence-corrected chi connectivity index (χ4v) is 1.55. The summed E-state index contributed by atoms with van der Waals surface area (Å²) in [6.45, 7) is 3.86. The van der Waals surface area contributed by atoms with E-state index in [4.69, 9.17) is 4.74 Å². The van der Waals surface area contributed by atoms with E-state index in [1.165, 1.54) is 0 Å². The lowest BCUT2D eigenvalue weighted by Gasteiger charge is -2.10.